The standard InChI is InChI=1S/C23H26N2O3/c1-4-28-21-13-12-17(14-22(21)27-3)15-25(2)16-23(26)24-20-11-7-9-18-8-5-6-10-19(18)20/h5-14H,4,15-16H2,1-3H3,(H,24,26)/p+1. The van der Waals surface area contributed by atoms with E-state index in [0.29, 0.717) is 25.4 Å². The molecule has 0 fully saturated rings. The maximum absolute atomic E-state index is 12.5. The SMILES string of the molecule is CCOc1ccc(C[NH+](C)CC(=O)Nc2cccc3ccccc23)cc1OC. The highest BCUT2D eigenvalue weighted by atomic mass is 16.5. The van der Waals surface area contributed by atoms with Crippen LogP contribution in [-0.4, -0.2) is 33.2 Å². The van der Waals surface area contributed by atoms with E-state index in [1.165, 1.54) is 0 Å². The highest BCUT2D eigenvalue weighted by Gasteiger charge is 2.14. The summed E-state index contributed by atoms with van der Waals surface area (Å²) >= 11 is 0. The van der Waals surface area contributed by atoms with Crippen LogP contribution in [0, 0.1) is 0 Å². The number of likely N-dealkylation sites (N-methyl/N-ethyl adjacent to an activating group) is 1. The van der Waals surface area contributed by atoms with Crippen LogP contribution in [0.15, 0.2) is 60.7 Å². The van der Waals surface area contributed by atoms with E-state index in [4.69, 9.17) is 9.47 Å². The molecular weight excluding hydrogens is 352 g/mol. The van der Waals surface area contributed by atoms with Crippen LogP contribution in [0.2, 0.25) is 0 Å². The fourth-order valence-electron chi connectivity index (χ4n) is 3.31. The number of benzene rings is 3. The third-order valence-electron chi connectivity index (χ3n) is 4.56. The maximum Gasteiger partial charge on any atom is 0.279 e. The molecular formula is C23H27N2O3+. The first-order valence-corrected chi connectivity index (χ1v) is 9.49. The maximum atomic E-state index is 12.5. The molecule has 0 saturated heterocycles. The van der Waals surface area contributed by atoms with Crippen molar-refractivity contribution in [3.63, 3.8) is 0 Å². The monoisotopic (exact) mass is 379 g/mol. The van der Waals surface area contributed by atoms with E-state index in [1.54, 1.807) is 7.11 Å². The number of hydrogen-bond donors (Lipinski definition) is 2. The third kappa shape index (κ3) is 4.81. The second-order valence-electron chi connectivity index (χ2n) is 6.80. The topological polar surface area (TPSA) is 52.0 Å². The first kappa shape index (κ1) is 19.7. The molecule has 3 aromatic rings. The van der Waals surface area contributed by atoms with Crippen LogP contribution in [0.3, 0.4) is 0 Å². The third-order valence-corrected chi connectivity index (χ3v) is 4.56. The summed E-state index contributed by atoms with van der Waals surface area (Å²) in [5.74, 6) is 1.44. The van der Waals surface area contributed by atoms with Crippen molar-refractivity contribution in [3.8, 4) is 11.5 Å². The quantitative estimate of drug-likeness (QED) is 0.633. The average Bonchev–Trinajstić information content (AvgIpc) is 2.69. The van der Waals surface area contributed by atoms with Crippen LogP contribution in [-0.2, 0) is 11.3 Å². The Morgan fingerprint density at radius 2 is 1.82 bits per heavy atom. The zero-order chi connectivity index (χ0) is 19.9. The van der Waals surface area contributed by atoms with Crippen molar-refractivity contribution in [2.75, 3.05) is 32.6 Å². The van der Waals surface area contributed by atoms with Gasteiger partial charge < -0.3 is 19.7 Å². The summed E-state index contributed by atoms with van der Waals surface area (Å²) in [4.78, 5) is 13.6. The molecule has 0 aliphatic rings. The van der Waals surface area contributed by atoms with E-state index >= 15 is 0 Å². The fourth-order valence-corrected chi connectivity index (χ4v) is 3.31. The molecule has 0 saturated carbocycles. The van der Waals surface area contributed by atoms with E-state index in [2.05, 4.69) is 5.32 Å². The van der Waals surface area contributed by atoms with Gasteiger partial charge in [-0.3, -0.25) is 4.79 Å². The molecule has 0 bridgehead atoms. The Labute approximate surface area is 165 Å². The van der Waals surface area contributed by atoms with E-state index in [1.807, 2.05) is 74.6 Å². The molecule has 1 atom stereocenters. The van der Waals surface area contributed by atoms with Crippen molar-refractivity contribution in [3.05, 3.63) is 66.2 Å². The van der Waals surface area contributed by atoms with Gasteiger partial charge in [-0.25, -0.2) is 0 Å². The Morgan fingerprint density at radius 3 is 2.61 bits per heavy atom. The fraction of sp³-hybridized carbons (Fsp3) is 0.261. The Morgan fingerprint density at radius 1 is 1.04 bits per heavy atom. The second-order valence-corrected chi connectivity index (χ2v) is 6.80. The number of fused-ring (bicyclic) bond motifs is 1. The number of rotatable bonds is 8. The molecule has 0 radical (unpaired) electrons. The van der Waals surface area contributed by atoms with Gasteiger partial charge in [-0.1, -0.05) is 36.4 Å². The van der Waals surface area contributed by atoms with Crippen LogP contribution in [0.25, 0.3) is 10.8 Å². The van der Waals surface area contributed by atoms with Gasteiger partial charge in [0.2, 0.25) is 0 Å². The number of ether oxygens (including phenoxy) is 2. The van der Waals surface area contributed by atoms with Crippen molar-refractivity contribution in [2.24, 2.45) is 0 Å². The van der Waals surface area contributed by atoms with Crippen LogP contribution in [0.5, 0.6) is 11.5 Å². The molecule has 0 aliphatic heterocycles. The lowest BCUT2D eigenvalue weighted by molar-refractivity contribution is -0.885. The number of methoxy groups -OCH3 is 1. The molecule has 0 spiro atoms. The summed E-state index contributed by atoms with van der Waals surface area (Å²) in [7, 11) is 3.64. The first-order valence-electron chi connectivity index (χ1n) is 9.49. The van der Waals surface area contributed by atoms with E-state index in [9.17, 15) is 4.79 Å². The zero-order valence-corrected chi connectivity index (χ0v) is 16.6. The van der Waals surface area contributed by atoms with Crippen LogP contribution in [0.1, 0.15) is 12.5 Å². The molecule has 1 unspecified atom stereocenters. The normalized spacial score (nSPS) is 11.8. The van der Waals surface area contributed by atoms with Crippen molar-refractivity contribution >= 4 is 22.4 Å². The lowest BCUT2D eigenvalue weighted by Gasteiger charge is -2.16. The Kier molecular flexibility index (Phi) is 6.50. The molecule has 3 rings (SSSR count). The Hall–Kier alpha value is -3.05. The predicted octanol–water partition coefficient (Wildman–Crippen LogP) is 2.90. The van der Waals surface area contributed by atoms with Crippen molar-refractivity contribution in [1.29, 1.82) is 0 Å². The summed E-state index contributed by atoms with van der Waals surface area (Å²) in [6.07, 6.45) is 0. The van der Waals surface area contributed by atoms with E-state index in [-0.39, 0.29) is 5.91 Å². The highest BCUT2D eigenvalue weighted by molar-refractivity contribution is 6.02. The number of quaternary nitrogens is 1. The molecule has 1 amide bonds. The molecule has 5 heteroatoms. The highest BCUT2D eigenvalue weighted by Crippen LogP contribution is 2.27. The minimum atomic E-state index is -0.00763. The number of hydrogen-bond acceptors (Lipinski definition) is 3. The lowest BCUT2D eigenvalue weighted by Crippen LogP contribution is -3.08. The van der Waals surface area contributed by atoms with Gasteiger partial charge in [0.05, 0.1) is 20.8 Å². The van der Waals surface area contributed by atoms with E-state index in [0.717, 1.165) is 32.7 Å². The predicted molar refractivity (Wildman–Crippen MR) is 112 cm³/mol. The summed E-state index contributed by atoms with van der Waals surface area (Å²) in [6, 6.07) is 19.9. The van der Waals surface area contributed by atoms with Crippen molar-refractivity contribution in [1.82, 2.24) is 0 Å². The lowest BCUT2D eigenvalue weighted by atomic mass is 10.1. The van der Waals surface area contributed by atoms with Gasteiger partial charge in [-0.2, -0.15) is 0 Å². The number of carbonyl (C=O) groups is 1. The van der Waals surface area contributed by atoms with Gasteiger partial charge >= 0.3 is 0 Å². The molecule has 0 aliphatic carbocycles. The molecule has 0 aromatic heterocycles. The van der Waals surface area contributed by atoms with E-state index < -0.39 is 0 Å². The van der Waals surface area contributed by atoms with Crippen molar-refractivity contribution in [2.45, 2.75) is 13.5 Å². The number of anilines is 1. The molecule has 146 valence electrons. The molecule has 2 N–H and O–H groups in total. The smallest absolute Gasteiger partial charge is 0.279 e. The summed E-state index contributed by atoms with van der Waals surface area (Å²) in [5.41, 5.74) is 1.94. The molecule has 5 nitrogen and oxygen atoms in total. The van der Waals surface area contributed by atoms with Gasteiger partial charge in [0.25, 0.3) is 5.91 Å². The van der Waals surface area contributed by atoms with Gasteiger partial charge in [0.15, 0.2) is 18.0 Å². The summed E-state index contributed by atoms with van der Waals surface area (Å²) < 4.78 is 11.0. The van der Waals surface area contributed by atoms with Gasteiger partial charge in [0, 0.05) is 16.6 Å². The average molecular weight is 379 g/mol. The molecule has 28 heavy (non-hydrogen) atoms. The molecule has 0 heterocycles. The Bertz CT molecular complexity index is 950. The van der Waals surface area contributed by atoms with Crippen LogP contribution in [0.4, 0.5) is 5.69 Å². The van der Waals surface area contributed by atoms with Gasteiger partial charge in [-0.05, 0) is 36.6 Å². The largest absolute Gasteiger partial charge is 0.493 e. The second kappa shape index (κ2) is 9.24. The van der Waals surface area contributed by atoms with Crippen LogP contribution >= 0.6 is 0 Å². The van der Waals surface area contributed by atoms with Crippen LogP contribution < -0.4 is 19.7 Å². The number of nitrogens with one attached hydrogen (secondary N) is 2. The Balaban J connectivity index is 1.63. The zero-order valence-electron chi connectivity index (χ0n) is 16.6. The minimum absolute atomic E-state index is 0.00763. The summed E-state index contributed by atoms with van der Waals surface area (Å²) in [6.45, 7) is 3.62. The number of amides is 1. The first-order chi connectivity index (χ1) is 13.6. The molecule has 3 aromatic carbocycles. The van der Waals surface area contributed by atoms with Crippen molar-refractivity contribution < 1.29 is 19.2 Å². The minimum Gasteiger partial charge on any atom is -0.493 e. The summed E-state index contributed by atoms with van der Waals surface area (Å²) in [5, 5.41) is 5.21. The number of carbonyl (C=O) groups excluding carboxylic acids is 1. The van der Waals surface area contributed by atoms with Gasteiger partial charge in [0.1, 0.15) is 6.54 Å². The van der Waals surface area contributed by atoms with Gasteiger partial charge in [-0.15, -0.1) is 0 Å².